The number of rotatable bonds is 5. The van der Waals surface area contributed by atoms with Crippen molar-refractivity contribution in [1.29, 1.82) is 0 Å². The molecular weight excluding hydrogens is 200 g/mol. The molecule has 1 amide bonds. The van der Waals surface area contributed by atoms with Crippen molar-refractivity contribution < 1.29 is 19.4 Å². The van der Waals surface area contributed by atoms with Crippen LogP contribution in [0.15, 0.2) is 12.7 Å². The molecule has 0 aromatic carbocycles. The van der Waals surface area contributed by atoms with Gasteiger partial charge < -0.3 is 15.2 Å². The summed E-state index contributed by atoms with van der Waals surface area (Å²) < 4.78 is 4.71. The zero-order valence-electron chi connectivity index (χ0n) is 8.31. The second-order valence-electron chi connectivity index (χ2n) is 3.32. The van der Waals surface area contributed by atoms with E-state index in [9.17, 15) is 9.59 Å². The number of carboxylic acids is 1. The Hall–Kier alpha value is -1.56. The third-order valence-corrected chi connectivity index (χ3v) is 1.97. The smallest absolute Gasteiger partial charge is 0.407 e. The fourth-order valence-electron chi connectivity index (χ4n) is 1.32. The molecule has 6 nitrogen and oxygen atoms in total. The van der Waals surface area contributed by atoms with Gasteiger partial charge in [0.2, 0.25) is 0 Å². The zero-order valence-corrected chi connectivity index (χ0v) is 8.31. The van der Waals surface area contributed by atoms with Crippen LogP contribution in [-0.4, -0.2) is 54.4 Å². The standard InChI is InChI=1S/C9H14N2O4/c1-2-3-15-9(14)10-7-4-11(5-7)6-8(12)13/h2,7H,1,3-6H2,(H,10,14)(H,12,13). The Morgan fingerprint density at radius 3 is 2.80 bits per heavy atom. The maximum absolute atomic E-state index is 11.0. The van der Waals surface area contributed by atoms with Gasteiger partial charge in [-0.3, -0.25) is 9.69 Å². The first-order valence-electron chi connectivity index (χ1n) is 4.60. The highest BCUT2D eigenvalue weighted by Crippen LogP contribution is 2.06. The number of nitrogens with one attached hydrogen (secondary N) is 1. The van der Waals surface area contributed by atoms with Crippen molar-refractivity contribution in [1.82, 2.24) is 10.2 Å². The first-order valence-corrected chi connectivity index (χ1v) is 4.60. The van der Waals surface area contributed by atoms with Crippen LogP contribution in [-0.2, 0) is 9.53 Å². The molecule has 15 heavy (non-hydrogen) atoms. The lowest BCUT2D eigenvalue weighted by Crippen LogP contribution is -2.60. The molecule has 1 saturated heterocycles. The summed E-state index contributed by atoms with van der Waals surface area (Å²) in [6.45, 7) is 4.71. The van der Waals surface area contributed by atoms with Crippen LogP contribution in [0.1, 0.15) is 0 Å². The minimum Gasteiger partial charge on any atom is -0.480 e. The Morgan fingerprint density at radius 2 is 2.27 bits per heavy atom. The second-order valence-corrected chi connectivity index (χ2v) is 3.32. The van der Waals surface area contributed by atoms with Gasteiger partial charge in [0, 0.05) is 13.1 Å². The summed E-state index contributed by atoms with van der Waals surface area (Å²) >= 11 is 0. The number of carbonyl (C=O) groups is 2. The normalized spacial score (nSPS) is 16.5. The van der Waals surface area contributed by atoms with Crippen LogP contribution in [0.4, 0.5) is 4.79 Å². The second kappa shape index (κ2) is 5.35. The maximum Gasteiger partial charge on any atom is 0.407 e. The number of carboxylic acid groups (broad SMARTS) is 1. The number of aliphatic carboxylic acids is 1. The number of ether oxygens (including phenoxy) is 1. The highest BCUT2D eigenvalue weighted by atomic mass is 16.5. The fourth-order valence-corrected chi connectivity index (χ4v) is 1.32. The van der Waals surface area contributed by atoms with Crippen LogP contribution in [0, 0.1) is 0 Å². The number of amides is 1. The molecular formula is C9H14N2O4. The van der Waals surface area contributed by atoms with E-state index in [1.54, 1.807) is 4.90 Å². The number of likely N-dealkylation sites (tertiary alicyclic amines) is 1. The van der Waals surface area contributed by atoms with Crippen LogP contribution in [0.5, 0.6) is 0 Å². The molecule has 1 fully saturated rings. The monoisotopic (exact) mass is 214 g/mol. The number of hydrogen-bond donors (Lipinski definition) is 2. The van der Waals surface area contributed by atoms with Gasteiger partial charge in [-0.15, -0.1) is 0 Å². The van der Waals surface area contributed by atoms with E-state index in [0.717, 1.165) is 0 Å². The Morgan fingerprint density at radius 1 is 1.60 bits per heavy atom. The average Bonchev–Trinajstić information content (AvgIpc) is 2.10. The Kier molecular flexibility index (Phi) is 4.11. The predicted octanol–water partition coefficient (Wildman–Crippen LogP) is -0.333. The van der Waals surface area contributed by atoms with Gasteiger partial charge in [-0.2, -0.15) is 0 Å². The van der Waals surface area contributed by atoms with Crippen LogP contribution in [0.3, 0.4) is 0 Å². The molecule has 1 aliphatic rings. The van der Waals surface area contributed by atoms with Gasteiger partial charge in [0.1, 0.15) is 6.61 Å². The predicted molar refractivity (Wildman–Crippen MR) is 52.5 cm³/mol. The summed E-state index contributed by atoms with van der Waals surface area (Å²) in [5.74, 6) is -0.859. The molecule has 2 N–H and O–H groups in total. The minimum absolute atomic E-state index is 0.0123. The van der Waals surface area contributed by atoms with Gasteiger partial charge in [0.25, 0.3) is 0 Å². The lowest BCUT2D eigenvalue weighted by Gasteiger charge is -2.37. The minimum atomic E-state index is -0.859. The molecule has 1 rings (SSSR count). The highest BCUT2D eigenvalue weighted by molar-refractivity contribution is 5.70. The van der Waals surface area contributed by atoms with Gasteiger partial charge in [-0.25, -0.2) is 4.79 Å². The Bertz CT molecular complexity index is 261. The van der Waals surface area contributed by atoms with E-state index in [0.29, 0.717) is 13.1 Å². The number of alkyl carbamates (subject to hydrolysis) is 1. The molecule has 1 heterocycles. The van der Waals surface area contributed by atoms with Crippen molar-refractivity contribution in [3.63, 3.8) is 0 Å². The summed E-state index contributed by atoms with van der Waals surface area (Å²) in [5, 5.41) is 11.1. The maximum atomic E-state index is 11.0. The molecule has 0 aromatic heterocycles. The molecule has 0 atom stereocenters. The van der Waals surface area contributed by atoms with Gasteiger partial charge >= 0.3 is 12.1 Å². The number of carbonyl (C=O) groups excluding carboxylic acids is 1. The van der Waals surface area contributed by atoms with Gasteiger partial charge in [0.05, 0.1) is 12.6 Å². The van der Waals surface area contributed by atoms with E-state index in [1.165, 1.54) is 6.08 Å². The molecule has 0 spiro atoms. The summed E-state index contributed by atoms with van der Waals surface area (Å²) in [7, 11) is 0. The molecule has 0 aliphatic carbocycles. The van der Waals surface area contributed by atoms with Crippen molar-refractivity contribution >= 4 is 12.1 Å². The van der Waals surface area contributed by atoms with Gasteiger partial charge in [0.15, 0.2) is 0 Å². The molecule has 0 radical (unpaired) electrons. The van der Waals surface area contributed by atoms with E-state index in [4.69, 9.17) is 9.84 Å². The number of hydrogen-bond acceptors (Lipinski definition) is 4. The van der Waals surface area contributed by atoms with Crippen LogP contribution in [0.2, 0.25) is 0 Å². The van der Waals surface area contributed by atoms with Crippen LogP contribution in [0.25, 0.3) is 0 Å². The Labute approximate surface area is 87.5 Å². The largest absolute Gasteiger partial charge is 0.480 e. The zero-order chi connectivity index (χ0) is 11.3. The molecule has 84 valence electrons. The lowest BCUT2D eigenvalue weighted by atomic mass is 10.1. The summed E-state index contributed by atoms with van der Waals surface area (Å²) in [6, 6.07) is -0.0123. The molecule has 0 aromatic rings. The summed E-state index contributed by atoms with van der Waals surface area (Å²) in [5.41, 5.74) is 0. The first kappa shape index (κ1) is 11.5. The van der Waals surface area contributed by atoms with E-state index < -0.39 is 12.1 Å². The summed E-state index contributed by atoms with van der Waals surface area (Å²) in [4.78, 5) is 23.0. The highest BCUT2D eigenvalue weighted by Gasteiger charge is 2.29. The molecule has 6 heteroatoms. The molecule has 1 aliphatic heterocycles. The first-order chi connectivity index (χ1) is 7.11. The van der Waals surface area contributed by atoms with E-state index in [2.05, 4.69) is 11.9 Å². The van der Waals surface area contributed by atoms with E-state index >= 15 is 0 Å². The summed E-state index contributed by atoms with van der Waals surface area (Å²) in [6.07, 6.45) is 0.992. The third kappa shape index (κ3) is 3.99. The van der Waals surface area contributed by atoms with Crippen molar-refractivity contribution in [2.75, 3.05) is 26.2 Å². The van der Waals surface area contributed by atoms with Crippen molar-refractivity contribution in [2.45, 2.75) is 6.04 Å². The SMILES string of the molecule is C=CCOC(=O)NC1CN(CC(=O)O)C1. The molecule has 0 bridgehead atoms. The number of nitrogens with zero attached hydrogens (tertiary/aromatic N) is 1. The fraction of sp³-hybridized carbons (Fsp3) is 0.556. The van der Waals surface area contributed by atoms with E-state index in [1.807, 2.05) is 0 Å². The molecule has 0 unspecified atom stereocenters. The third-order valence-electron chi connectivity index (χ3n) is 1.97. The van der Waals surface area contributed by atoms with Gasteiger partial charge in [-0.05, 0) is 0 Å². The van der Waals surface area contributed by atoms with Crippen LogP contribution >= 0.6 is 0 Å². The van der Waals surface area contributed by atoms with Gasteiger partial charge in [-0.1, -0.05) is 12.7 Å². The van der Waals surface area contributed by atoms with Crippen molar-refractivity contribution in [3.8, 4) is 0 Å². The van der Waals surface area contributed by atoms with E-state index in [-0.39, 0.29) is 19.2 Å². The average molecular weight is 214 g/mol. The molecule has 0 saturated carbocycles. The Balaban J connectivity index is 2.09. The van der Waals surface area contributed by atoms with Crippen molar-refractivity contribution in [3.05, 3.63) is 12.7 Å². The topological polar surface area (TPSA) is 78.9 Å². The quantitative estimate of drug-likeness (QED) is 0.612. The van der Waals surface area contributed by atoms with Crippen LogP contribution < -0.4 is 5.32 Å². The lowest BCUT2D eigenvalue weighted by molar-refractivity contribution is -0.139. The van der Waals surface area contributed by atoms with Crippen molar-refractivity contribution in [2.24, 2.45) is 0 Å².